The van der Waals surface area contributed by atoms with E-state index in [4.69, 9.17) is 0 Å². The average Bonchev–Trinajstić information content (AvgIpc) is 2.28. The molecule has 0 atom stereocenters. The molecule has 6 heteroatoms. The van der Waals surface area contributed by atoms with Crippen molar-refractivity contribution >= 4 is 0 Å². The number of hydrogen-bond acceptors (Lipinski definition) is 0. The van der Waals surface area contributed by atoms with Crippen molar-refractivity contribution in [2.24, 2.45) is 0 Å². The van der Waals surface area contributed by atoms with Crippen LogP contribution in [0.4, 0.5) is 22.0 Å². The van der Waals surface area contributed by atoms with Gasteiger partial charge in [0, 0.05) is 11.9 Å². The lowest BCUT2D eigenvalue weighted by Crippen LogP contribution is -2.07. The molecule has 1 heterocycles. The molecule has 0 unspecified atom stereocenters. The van der Waals surface area contributed by atoms with Crippen LogP contribution in [-0.4, -0.2) is 4.98 Å². The van der Waals surface area contributed by atoms with Crippen molar-refractivity contribution in [2.75, 3.05) is 0 Å². The second-order valence-corrected chi connectivity index (χ2v) is 2.54. The highest BCUT2D eigenvalue weighted by Crippen LogP contribution is 2.37. The summed E-state index contributed by atoms with van der Waals surface area (Å²) in [6.45, 7) is 1.18. The predicted molar refractivity (Wildman–Crippen MR) is 35.5 cm³/mol. The molecule has 13 heavy (non-hydrogen) atoms. The fourth-order valence-corrected chi connectivity index (χ4v) is 1.05. The number of rotatable bonds is 1. The van der Waals surface area contributed by atoms with E-state index in [9.17, 15) is 22.0 Å². The van der Waals surface area contributed by atoms with Crippen molar-refractivity contribution < 1.29 is 22.0 Å². The topological polar surface area (TPSA) is 15.8 Å². The fraction of sp³-hybridized carbons (Fsp3) is 0.429. The summed E-state index contributed by atoms with van der Waals surface area (Å²) in [6, 6.07) is 0. The van der Waals surface area contributed by atoms with E-state index in [1.807, 2.05) is 0 Å². The highest BCUT2D eigenvalue weighted by atomic mass is 19.4. The summed E-state index contributed by atoms with van der Waals surface area (Å²) in [5.74, 6) is 0. The molecule has 0 saturated heterocycles. The van der Waals surface area contributed by atoms with Crippen LogP contribution in [0, 0.1) is 6.92 Å². The lowest BCUT2D eigenvalue weighted by Gasteiger charge is -2.07. The van der Waals surface area contributed by atoms with E-state index in [1.165, 1.54) is 6.92 Å². The maximum absolute atomic E-state index is 12.1. The van der Waals surface area contributed by atoms with Crippen molar-refractivity contribution in [1.82, 2.24) is 4.98 Å². The van der Waals surface area contributed by atoms with Crippen LogP contribution in [0.15, 0.2) is 6.20 Å². The molecule has 0 aliphatic carbocycles. The zero-order valence-corrected chi connectivity index (χ0v) is 6.54. The van der Waals surface area contributed by atoms with Gasteiger partial charge in [-0.05, 0) is 6.92 Å². The van der Waals surface area contributed by atoms with Gasteiger partial charge in [-0.2, -0.15) is 13.2 Å². The summed E-state index contributed by atoms with van der Waals surface area (Å²) >= 11 is 0. The van der Waals surface area contributed by atoms with Gasteiger partial charge in [0.1, 0.15) is 0 Å². The first-order chi connectivity index (χ1) is 5.84. The summed E-state index contributed by atoms with van der Waals surface area (Å²) in [5.41, 5.74) is -2.41. The van der Waals surface area contributed by atoms with Crippen LogP contribution in [0.2, 0.25) is 0 Å². The van der Waals surface area contributed by atoms with Crippen LogP contribution in [-0.2, 0) is 6.18 Å². The molecule has 1 N–H and O–H groups in total. The van der Waals surface area contributed by atoms with E-state index in [2.05, 4.69) is 4.98 Å². The van der Waals surface area contributed by atoms with Gasteiger partial charge in [0.05, 0.1) is 11.1 Å². The minimum atomic E-state index is -4.73. The highest BCUT2D eigenvalue weighted by molar-refractivity contribution is 5.33. The molecular formula is C7H6F5N. The van der Waals surface area contributed by atoms with Crippen molar-refractivity contribution in [2.45, 2.75) is 19.5 Å². The SMILES string of the molecule is Cc1[nH]cc(C(F)(F)F)c1C(F)F. The van der Waals surface area contributed by atoms with Gasteiger partial charge in [0.2, 0.25) is 0 Å². The van der Waals surface area contributed by atoms with Gasteiger partial charge in [0.25, 0.3) is 6.43 Å². The molecule has 0 saturated carbocycles. The molecule has 1 rings (SSSR count). The van der Waals surface area contributed by atoms with Crippen molar-refractivity contribution in [3.8, 4) is 0 Å². The molecule has 0 spiro atoms. The predicted octanol–water partition coefficient (Wildman–Crippen LogP) is 3.28. The Labute approximate surface area is 70.6 Å². The van der Waals surface area contributed by atoms with Gasteiger partial charge < -0.3 is 4.98 Å². The summed E-state index contributed by atoms with van der Waals surface area (Å²) in [7, 11) is 0. The van der Waals surface area contributed by atoms with Crippen molar-refractivity contribution in [3.63, 3.8) is 0 Å². The molecule has 0 aliphatic rings. The summed E-state index contributed by atoms with van der Waals surface area (Å²) in [4.78, 5) is 2.13. The molecule has 1 nitrogen and oxygen atoms in total. The highest BCUT2D eigenvalue weighted by Gasteiger charge is 2.37. The smallest absolute Gasteiger partial charge is 0.364 e. The molecule has 1 aromatic rings. The first kappa shape index (κ1) is 10.0. The van der Waals surface area contributed by atoms with Crippen LogP contribution >= 0.6 is 0 Å². The van der Waals surface area contributed by atoms with E-state index in [1.54, 1.807) is 0 Å². The summed E-state index contributed by atoms with van der Waals surface area (Å²) in [5, 5.41) is 0. The Balaban J connectivity index is 3.23. The van der Waals surface area contributed by atoms with E-state index < -0.39 is 23.7 Å². The molecule has 0 aromatic carbocycles. The van der Waals surface area contributed by atoms with Gasteiger partial charge in [-0.1, -0.05) is 0 Å². The first-order valence-corrected chi connectivity index (χ1v) is 3.37. The van der Waals surface area contributed by atoms with Crippen LogP contribution in [0.3, 0.4) is 0 Å². The largest absolute Gasteiger partial charge is 0.418 e. The van der Waals surface area contributed by atoms with Crippen LogP contribution in [0.5, 0.6) is 0 Å². The lowest BCUT2D eigenvalue weighted by atomic mass is 10.1. The second-order valence-electron chi connectivity index (χ2n) is 2.54. The number of aryl methyl sites for hydroxylation is 1. The third kappa shape index (κ3) is 1.81. The van der Waals surface area contributed by atoms with Gasteiger partial charge in [-0.3, -0.25) is 0 Å². The third-order valence-corrected chi connectivity index (χ3v) is 1.65. The Kier molecular flexibility index (Phi) is 2.32. The Morgan fingerprint density at radius 3 is 2.15 bits per heavy atom. The monoisotopic (exact) mass is 199 g/mol. The second kappa shape index (κ2) is 3.01. The van der Waals surface area contributed by atoms with E-state index >= 15 is 0 Å². The van der Waals surface area contributed by atoms with Crippen molar-refractivity contribution in [3.05, 3.63) is 23.0 Å². The maximum atomic E-state index is 12.1. The summed E-state index contributed by atoms with van der Waals surface area (Å²) < 4.78 is 60.5. The number of nitrogens with one attached hydrogen (secondary N) is 1. The number of aromatic nitrogens is 1. The van der Waals surface area contributed by atoms with Gasteiger partial charge in [-0.15, -0.1) is 0 Å². The lowest BCUT2D eigenvalue weighted by molar-refractivity contribution is -0.139. The van der Waals surface area contributed by atoms with E-state index in [0.29, 0.717) is 6.20 Å². The quantitative estimate of drug-likeness (QED) is 0.668. The molecular weight excluding hydrogens is 193 g/mol. The van der Waals surface area contributed by atoms with E-state index in [0.717, 1.165) is 0 Å². The first-order valence-electron chi connectivity index (χ1n) is 3.37. The molecule has 0 fully saturated rings. The van der Waals surface area contributed by atoms with Gasteiger partial charge >= 0.3 is 6.18 Å². The molecule has 0 bridgehead atoms. The average molecular weight is 199 g/mol. The Hall–Kier alpha value is -1.07. The summed E-state index contributed by atoms with van der Waals surface area (Å²) in [6.07, 6.45) is -7.28. The zero-order chi connectivity index (χ0) is 10.2. The number of H-pyrrole nitrogens is 1. The fourth-order valence-electron chi connectivity index (χ4n) is 1.05. The molecule has 0 aliphatic heterocycles. The molecule has 0 radical (unpaired) electrons. The van der Waals surface area contributed by atoms with Crippen molar-refractivity contribution in [1.29, 1.82) is 0 Å². The van der Waals surface area contributed by atoms with Crippen LogP contribution < -0.4 is 0 Å². The number of aromatic amines is 1. The Morgan fingerprint density at radius 2 is 1.85 bits per heavy atom. The standard InChI is InChI=1S/C7H6F5N/c1-3-5(6(8)9)4(2-13-3)7(10,11)12/h2,6,13H,1H3. The molecule has 0 amide bonds. The Bertz CT molecular complexity index is 298. The van der Waals surface area contributed by atoms with Crippen LogP contribution in [0.1, 0.15) is 23.2 Å². The number of alkyl halides is 5. The maximum Gasteiger partial charge on any atom is 0.418 e. The molecule has 1 aromatic heterocycles. The minimum Gasteiger partial charge on any atom is -0.364 e. The molecule has 74 valence electrons. The van der Waals surface area contributed by atoms with E-state index in [-0.39, 0.29) is 5.69 Å². The minimum absolute atomic E-state index is 0.151. The van der Waals surface area contributed by atoms with Gasteiger partial charge in [-0.25, -0.2) is 8.78 Å². The zero-order valence-electron chi connectivity index (χ0n) is 6.54. The van der Waals surface area contributed by atoms with Gasteiger partial charge in [0.15, 0.2) is 0 Å². The number of halogens is 5. The third-order valence-electron chi connectivity index (χ3n) is 1.65. The Morgan fingerprint density at radius 1 is 1.31 bits per heavy atom. The normalized spacial score (nSPS) is 12.5. The van der Waals surface area contributed by atoms with Crippen LogP contribution in [0.25, 0.3) is 0 Å². The number of hydrogen-bond donors (Lipinski definition) is 1.